The number of aliphatic hydroxyl groups is 1. The van der Waals surface area contributed by atoms with E-state index in [-0.39, 0.29) is 24.7 Å². The third-order valence-corrected chi connectivity index (χ3v) is 2.96. The third-order valence-electron chi connectivity index (χ3n) is 2.72. The molecule has 1 aromatic carbocycles. The summed E-state index contributed by atoms with van der Waals surface area (Å²) in [6.07, 6.45) is 1.37. The number of carbonyl (C=O) groups is 1. The fraction of sp³-hybridized carbons (Fsp3) is 0.533. The van der Waals surface area contributed by atoms with E-state index in [9.17, 15) is 4.79 Å². The Kier molecular flexibility index (Phi) is 6.82. The Morgan fingerprint density at radius 3 is 2.70 bits per heavy atom. The summed E-state index contributed by atoms with van der Waals surface area (Å²) in [5.41, 5.74) is 0.432. The molecule has 112 valence electrons. The maximum absolute atomic E-state index is 12.3. The number of hydrogen-bond donors (Lipinski definition) is 2. The van der Waals surface area contributed by atoms with Crippen molar-refractivity contribution in [3.8, 4) is 5.75 Å². The molecule has 0 aliphatic heterocycles. The van der Waals surface area contributed by atoms with Gasteiger partial charge in [0, 0.05) is 17.7 Å². The Labute approximate surface area is 125 Å². The molecule has 0 bridgehead atoms. The lowest BCUT2D eigenvalue weighted by Gasteiger charge is -2.17. The molecule has 0 saturated heterocycles. The number of rotatable bonds is 7. The maximum Gasteiger partial charge on any atom is 0.255 e. The second-order valence-corrected chi connectivity index (χ2v) is 5.48. The van der Waals surface area contributed by atoms with Crippen LogP contribution in [0.4, 0.5) is 0 Å². The Bertz CT molecular complexity index is 449. The molecule has 0 heterocycles. The normalized spacial score (nSPS) is 12.3. The highest BCUT2D eigenvalue weighted by Gasteiger charge is 2.16. The Morgan fingerprint density at radius 2 is 2.10 bits per heavy atom. The van der Waals surface area contributed by atoms with E-state index < -0.39 is 0 Å². The van der Waals surface area contributed by atoms with Crippen molar-refractivity contribution < 1.29 is 14.6 Å². The van der Waals surface area contributed by atoms with Crippen molar-refractivity contribution in [3.05, 3.63) is 28.8 Å². The van der Waals surface area contributed by atoms with Gasteiger partial charge in [-0.2, -0.15) is 0 Å². The second-order valence-electron chi connectivity index (χ2n) is 5.05. The Morgan fingerprint density at radius 1 is 1.40 bits per heavy atom. The lowest BCUT2D eigenvalue weighted by molar-refractivity contribution is 0.0930. The van der Waals surface area contributed by atoms with Crippen molar-refractivity contribution in [3.63, 3.8) is 0 Å². The summed E-state index contributed by atoms with van der Waals surface area (Å²) >= 11 is 5.95. The average Bonchev–Trinajstić information content (AvgIpc) is 2.37. The van der Waals surface area contributed by atoms with E-state index in [1.165, 1.54) is 0 Å². The molecular formula is C15H22ClNO3. The molecular weight excluding hydrogens is 278 g/mol. The summed E-state index contributed by atoms with van der Waals surface area (Å²) in [6, 6.07) is 4.99. The summed E-state index contributed by atoms with van der Waals surface area (Å²) in [7, 11) is 0. The number of benzene rings is 1. The summed E-state index contributed by atoms with van der Waals surface area (Å²) in [5.74, 6) is 0.310. The van der Waals surface area contributed by atoms with E-state index in [0.29, 0.717) is 22.8 Å². The first kappa shape index (κ1) is 16.8. The van der Waals surface area contributed by atoms with E-state index >= 15 is 0 Å². The van der Waals surface area contributed by atoms with Crippen LogP contribution in [0.15, 0.2) is 18.2 Å². The first-order valence-electron chi connectivity index (χ1n) is 6.82. The topological polar surface area (TPSA) is 58.6 Å². The van der Waals surface area contributed by atoms with Crippen LogP contribution in [-0.2, 0) is 0 Å². The number of amides is 1. The molecule has 0 aliphatic carbocycles. The van der Waals surface area contributed by atoms with Crippen molar-refractivity contribution in [1.82, 2.24) is 5.32 Å². The van der Waals surface area contributed by atoms with E-state index in [1.807, 2.05) is 20.8 Å². The van der Waals surface area contributed by atoms with Crippen LogP contribution in [0.25, 0.3) is 0 Å². The van der Waals surface area contributed by atoms with Crippen molar-refractivity contribution in [2.24, 2.45) is 0 Å². The third kappa shape index (κ3) is 5.39. The molecule has 2 N–H and O–H groups in total. The monoisotopic (exact) mass is 299 g/mol. The van der Waals surface area contributed by atoms with Crippen LogP contribution < -0.4 is 10.1 Å². The summed E-state index contributed by atoms with van der Waals surface area (Å²) in [4.78, 5) is 12.3. The van der Waals surface area contributed by atoms with E-state index in [4.69, 9.17) is 21.4 Å². The zero-order valence-corrected chi connectivity index (χ0v) is 12.9. The van der Waals surface area contributed by atoms with E-state index in [0.717, 1.165) is 6.42 Å². The highest BCUT2D eigenvalue weighted by molar-refractivity contribution is 6.31. The van der Waals surface area contributed by atoms with Gasteiger partial charge in [0.15, 0.2) is 0 Å². The summed E-state index contributed by atoms with van der Waals surface area (Å²) in [5, 5.41) is 12.2. The minimum absolute atomic E-state index is 0.0134. The minimum atomic E-state index is -0.214. The molecule has 20 heavy (non-hydrogen) atoms. The molecule has 0 aliphatic rings. The fourth-order valence-corrected chi connectivity index (χ4v) is 1.98. The molecule has 5 heteroatoms. The molecule has 1 atom stereocenters. The number of aliphatic hydroxyl groups excluding tert-OH is 1. The predicted octanol–water partition coefficient (Wildman–Crippen LogP) is 3.02. The van der Waals surface area contributed by atoms with Gasteiger partial charge < -0.3 is 15.2 Å². The molecule has 4 nitrogen and oxygen atoms in total. The standard InChI is InChI=1S/C15H22ClNO3/c1-10(2)20-14-7-6-12(16)9-13(14)15(19)17-11(3)5-4-8-18/h6-7,9-11,18H,4-5,8H2,1-3H3,(H,17,19). The quantitative estimate of drug-likeness (QED) is 0.813. The van der Waals surface area contributed by atoms with E-state index in [1.54, 1.807) is 18.2 Å². The van der Waals surface area contributed by atoms with Gasteiger partial charge in [-0.15, -0.1) is 0 Å². The highest BCUT2D eigenvalue weighted by atomic mass is 35.5. The lowest BCUT2D eigenvalue weighted by Crippen LogP contribution is -2.33. The molecule has 1 unspecified atom stereocenters. The van der Waals surface area contributed by atoms with Gasteiger partial charge in [0.05, 0.1) is 11.7 Å². The minimum Gasteiger partial charge on any atom is -0.490 e. The van der Waals surface area contributed by atoms with Crippen LogP contribution in [0.3, 0.4) is 0 Å². The molecule has 0 saturated carbocycles. The predicted molar refractivity (Wildman–Crippen MR) is 80.5 cm³/mol. The van der Waals surface area contributed by atoms with Crippen molar-refractivity contribution in [2.45, 2.75) is 45.8 Å². The van der Waals surface area contributed by atoms with Gasteiger partial charge in [-0.25, -0.2) is 0 Å². The van der Waals surface area contributed by atoms with E-state index in [2.05, 4.69) is 5.32 Å². The van der Waals surface area contributed by atoms with Crippen LogP contribution in [0.2, 0.25) is 5.02 Å². The Hall–Kier alpha value is -1.26. The van der Waals surface area contributed by atoms with Gasteiger partial charge >= 0.3 is 0 Å². The SMILES string of the molecule is CC(CCCO)NC(=O)c1cc(Cl)ccc1OC(C)C. The van der Waals surface area contributed by atoms with Crippen LogP contribution in [0.1, 0.15) is 44.0 Å². The molecule has 0 spiro atoms. The Balaban J connectivity index is 2.82. The van der Waals surface area contributed by atoms with Gasteiger partial charge in [-0.1, -0.05) is 11.6 Å². The van der Waals surface area contributed by atoms with Crippen LogP contribution in [0, 0.1) is 0 Å². The van der Waals surface area contributed by atoms with Gasteiger partial charge in [0.1, 0.15) is 5.75 Å². The number of hydrogen-bond acceptors (Lipinski definition) is 3. The second kappa shape index (κ2) is 8.12. The smallest absolute Gasteiger partial charge is 0.255 e. The van der Waals surface area contributed by atoms with Crippen molar-refractivity contribution >= 4 is 17.5 Å². The fourth-order valence-electron chi connectivity index (χ4n) is 1.81. The van der Waals surface area contributed by atoms with Gasteiger partial charge in [0.25, 0.3) is 5.91 Å². The zero-order valence-electron chi connectivity index (χ0n) is 12.1. The van der Waals surface area contributed by atoms with Crippen LogP contribution >= 0.6 is 11.6 Å². The molecule has 1 amide bonds. The summed E-state index contributed by atoms with van der Waals surface area (Å²) < 4.78 is 5.62. The molecule has 0 fully saturated rings. The zero-order chi connectivity index (χ0) is 15.1. The van der Waals surface area contributed by atoms with Crippen LogP contribution in [0.5, 0.6) is 5.75 Å². The average molecular weight is 300 g/mol. The maximum atomic E-state index is 12.3. The largest absolute Gasteiger partial charge is 0.490 e. The molecule has 0 aromatic heterocycles. The lowest BCUT2D eigenvalue weighted by atomic mass is 10.1. The number of ether oxygens (including phenoxy) is 1. The first-order valence-corrected chi connectivity index (χ1v) is 7.19. The van der Waals surface area contributed by atoms with Gasteiger partial charge in [-0.05, 0) is 51.8 Å². The van der Waals surface area contributed by atoms with Gasteiger partial charge in [-0.3, -0.25) is 4.79 Å². The van der Waals surface area contributed by atoms with Crippen LogP contribution in [-0.4, -0.2) is 29.8 Å². The molecule has 1 rings (SSSR count). The van der Waals surface area contributed by atoms with Crippen molar-refractivity contribution in [1.29, 1.82) is 0 Å². The molecule has 0 radical (unpaired) electrons. The van der Waals surface area contributed by atoms with Crippen molar-refractivity contribution in [2.75, 3.05) is 6.61 Å². The number of halogens is 1. The van der Waals surface area contributed by atoms with Gasteiger partial charge in [0.2, 0.25) is 0 Å². The molecule has 1 aromatic rings. The summed E-state index contributed by atoms with van der Waals surface area (Å²) in [6.45, 7) is 5.83. The number of nitrogens with one attached hydrogen (secondary N) is 1. The first-order chi connectivity index (χ1) is 9.43. The highest BCUT2D eigenvalue weighted by Crippen LogP contribution is 2.24. The number of carbonyl (C=O) groups excluding carboxylic acids is 1.